The predicted octanol–water partition coefficient (Wildman–Crippen LogP) is 0.622. The third-order valence-corrected chi connectivity index (χ3v) is 3.10. The fourth-order valence-corrected chi connectivity index (χ4v) is 1.88. The molecule has 1 aliphatic rings. The average Bonchev–Trinajstić information content (AvgIpc) is 2.13. The van der Waals surface area contributed by atoms with E-state index in [9.17, 15) is 4.79 Å². The van der Waals surface area contributed by atoms with Gasteiger partial charge in [0.2, 0.25) is 0 Å². The van der Waals surface area contributed by atoms with Crippen LogP contribution >= 0.6 is 0 Å². The SMILES string of the molecule is CCNC(CN(C)C1CCC1)C(=O)OC. The molecule has 1 unspecified atom stereocenters. The second-order valence-electron chi connectivity index (χ2n) is 4.16. The van der Waals surface area contributed by atoms with Crippen LogP contribution in [0.25, 0.3) is 0 Å². The van der Waals surface area contributed by atoms with Crippen molar-refractivity contribution in [2.24, 2.45) is 0 Å². The molecule has 1 aliphatic carbocycles. The molecule has 0 heterocycles. The van der Waals surface area contributed by atoms with Crippen molar-refractivity contribution in [3.05, 3.63) is 0 Å². The van der Waals surface area contributed by atoms with Crippen molar-refractivity contribution in [2.45, 2.75) is 38.3 Å². The lowest BCUT2D eigenvalue weighted by atomic mass is 9.91. The molecule has 1 rings (SSSR count). The normalized spacial score (nSPS) is 18.7. The Kier molecular flexibility index (Phi) is 5.05. The van der Waals surface area contributed by atoms with E-state index in [1.54, 1.807) is 0 Å². The lowest BCUT2D eigenvalue weighted by Gasteiger charge is -2.36. The summed E-state index contributed by atoms with van der Waals surface area (Å²) in [5, 5.41) is 3.15. The summed E-state index contributed by atoms with van der Waals surface area (Å²) in [5.74, 6) is -0.164. The fraction of sp³-hybridized carbons (Fsp3) is 0.909. The summed E-state index contributed by atoms with van der Waals surface area (Å²) in [4.78, 5) is 13.7. The first kappa shape index (κ1) is 12.5. The Bertz CT molecular complexity index is 205. The number of hydrogen-bond acceptors (Lipinski definition) is 4. The Hall–Kier alpha value is -0.610. The highest BCUT2D eigenvalue weighted by atomic mass is 16.5. The summed E-state index contributed by atoms with van der Waals surface area (Å²) in [5.41, 5.74) is 0. The summed E-state index contributed by atoms with van der Waals surface area (Å²) >= 11 is 0. The van der Waals surface area contributed by atoms with Crippen molar-refractivity contribution in [1.29, 1.82) is 0 Å². The van der Waals surface area contributed by atoms with Crippen molar-refractivity contribution >= 4 is 5.97 Å². The minimum absolute atomic E-state index is 0.164. The number of hydrogen-bond donors (Lipinski definition) is 1. The summed E-state index contributed by atoms with van der Waals surface area (Å²) in [6.45, 7) is 3.53. The summed E-state index contributed by atoms with van der Waals surface area (Å²) in [7, 11) is 3.52. The highest BCUT2D eigenvalue weighted by molar-refractivity contribution is 5.75. The number of carbonyl (C=O) groups is 1. The summed E-state index contributed by atoms with van der Waals surface area (Å²) < 4.78 is 4.77. The van der Waals surface area contributed by atoms with Crippen LogP contribution in [0.3, 0.4) is 0 Å². The largest absolute Gasteiger partial charge is 0.468 e. The standard InChI is InChI=1S/C11H22N2O2/c1-4-12-10(11(14)15-3)8-13(2)9-6-5-7-9/h9-10,12H,4-8H2,1-3H3. The van der Waals surface area contributed by atoms with Gasteiger partial charge in [-0.05, 0) is 26.4 Å². The van der Waals surface area contributed by atoms with Gasteiger partial charge >= 0.3 is 5.97 Å². The van der Waals surface area contributed by atoms with Gasteiger partial charge in [0.1, 0.15) is 6.04 Å². The van der Waals surface area contributed by atoms with Crippen LogP contribution in [-0.4, -0.2) is 50.2 Å². The summed E-state index contributed by atoms with van der Waals surface area (Å²) in [6, 6.07) is 0.474. The zero-order chi connectivity index (χ0) is 11.3. The number of methoxy groups -OCH3 is 1. The van der Waals surface area contributed by atoms with Gasteiger partial charge in [-0.15, -0.1) is 0 Å². The number of nitrogens with one attached hydrogen (secondary N) is 1. The van der Waals surface area contributed by atoms with Gasteiger partial charge in [0.25, 0.3) is 0 Å². The Morgan fingerprint density at radius 1 is 1.60 bits per heavy atom. The lowest BCUT2D eigenvalue weighted by Crippen LogP contribution is -2.49. The van der Waals surface area contributed by atoms with E-state index in [1.807, 2.05) is 6.92 Å². The van der Waals surface area contributed by atoms with Gasteiger partial charge in [-0.3, -0.25) is 4.79 Å². The fourth-order valence-electron chi connectivity index (χ4n) is 1.88. The van der Waals surface area contributed by atoms with Crippen molar-refractivity contribution in [3.63, 3.8) is 0 Å². The molecular formula is C11H22N2O2. The maximum absolute atomic E-state index is 11.5. The van der Waals surface area contributed by atoms with Gasteiger partial charge in [0.05, 0.1) is 7.11 Å². The molecule has 15 heavy (non-hydrogen) atoms. The molecule has 1 fully saturated rings. The molecule has 0 amide bonds. The van der Waals surface area contributed by atoms with Gasteiger partial charge in [0, 0.05) is 12.6 Å². The molecule has 1 saturated carbocycles. The Labute approximate surface area is 92.0 Å². The lowest BCUT2D eigenvalue weighted by molar-refractivity contribution is -0.143. The molecule has 0 aromatic carbocycles. The maximum atomic E-state index is 11.5. The Balaban J connectivity index is 2.38. The molecule has 0 saturated heterocycles. The van der Waals surface area contributed by atoms with Crippen LogP contribution in [-0.2, 0) is 9.53 Å². The topological polar surface area (TPSA) is 41.6 Å². The molecule has 1 N–H and O–H groups in total. The van der Waals surface area contributed by atoms with E-state index in [1.165, 1.54) is 26.4 Å². The molecule has 0 radical (unpaired) electrons. The molecule has 0 spiro atoms. The molecule has 4 nitrogen and oxygen atoms in total. The van der Waals surface area contributed by atoms with E-state index in [2.05, 4.69) is 17.3 Å². The molecule has 4 heteroatoms. The second-order valence-corrected chi connectivity index (χ2v) is 4.16. The number of carbonyl (C=O) groups excluding carboxylic acids is 1. The number of esters is 1. The zero-order valence-corrected chi connectivity index (χ0v) is 9.95. The van der Waals surface area contributed by atoms with E-state index in [0.717, 1.165) is 13.1 Å². The van der Waals surface area contributed by atoms with Gasteiger partial charge in [-0.2, -0.15) is 0 Å². The van der Waals surface area contributed by atoms with E-state index in [0.29, 0.717) is 6.04 Å². The van der Waals surface area contributed by atoms with Crippen LogP contribution in [0.15, 0.2) is 0 Å². The van der Waals surface area contributed by atoms with Crippen molar-refractivity contribution < 1.29 is 9.53 Å². The molecule has 0 aliphatic heterocycles. The Morgan fingerprint density at radius 2 is 2.27 bits per heavy atom. The van der Waals surface area contributed by atoms with Crippen molar-refractivity contribution in [1.82, 2.24) is 10.2 Å². The second kappa shape index (κ2) is 6.08. The first-order chi connectivity index (χ1) is 7.19. The molecule has 0 aromatic rings. The predicted molar refractivity (Wildman–Crippen MR) is 59.7 cm³/mol. The smallest absolute Gasteiger partial charge is 0.324 e. The third kappa shape index (κ3) is 3.47. The van der Waals surface area contributed by atoms with E-state index in [-0.39, 0.29) is 12.0 Å². The van der Waals surface area contributed by atoms with Crippen LogP contribution < -0.4 is 5.32 Å². The van der Waals surface area contributed by atoms with Crippen molar-refractivity contribution in [2.75, 3.05) is 27.2 Å². The van der Waals surface area contributed by atoms with Crippen LogP contribution in [0.5, 0.6) is 0 Å². The van der Waals surface area contributed by atoms with Crippen LogP contribution in [0.2, 0.25) is 0 Å². The van der Waals surface area contributed by atoms with Gasteiger partial charge in [-0.25, -0.2) is 0 Å². The Morgan fingerprint density at radius 3 is 2.67 bits per heavy atom. The minimum atomic E-state index is -0.189. The first-order valence-electron chi connectivity index (χ1n) is 5.70. The minimum Gasteiger partial charge on any atom is -0.468 e. The molecule has 1 atom stereocenters. The monoisotopic (exact) mass is 214 g/mol. The first-order valence-corrected chi connectivity index (χ1v) is 5.70. The number of likely N-dealkylation sites (N-methyl/N-ethyl adjacent to an activating group) is 2. The summed E-state index contributed by atoms with van der Waals surface area (Å²) in [6.07, 6.45) is 3.84. The van der Waals surface area contributed by atoms with E-state index in [4.69, 9.17) is 4.74 Å². The third-order valence-electron chi connectivity index (χ3n) is 3.10. The van der Waals surface area contributed by atoms with Crippen LogP contribution in [0, 0.1) is 0 Å². The maximum Gasteiger partial charge on any atom is 0.324 e. The molecule has 0 bridgehead atoms. The van der Waals surface area contributed by atoms with Gasteiger partial charge in [0.15, 0.2) is 0 Å². The van der Waals surface area contributed by atoms with E-state index >= 15 is 0 Å². The van der Waals surface area contributed by atoms with Crippen LogP contribution in [0.1, 0.15) is 26.2 Å². The zero-order valence-electron chi connectivity index (χ0n) is 9.95. The highest BCUT2D eigenvalue weighted by Gasteiger charge is 2.26. The quantitative estimate of drug-likeness (QED) is 0.658. The number of ether oxygens (including phenoxy) is 1. The number of rotatable bonds is 6. The van der Waals surface area contributed by atoms with Crippen molar-refractivity contribution in [3.8, 4) is 0 Å². The molecule has 0 aromatic heterocycles. The number of nitrogens with zero attached hydrogens (tertiary/aromatic N) is 1. The molecular weight excluding hydrogens is 192 g/mol. The average molecular weight is 214 g/mol. The van der Waals surface area contributed by atoms with Crippen LogP contribution in [0.4, 0.5) is 0 Å². The molecule has 88 valence electrons. The van der Waals surface area contributed by atoms with E-state index < -0.39 is 0 Å². The highest BCUT2D eigenvalue weighted by Crippen LogP contribution is 2.23. The van der Waals surface area contributed by atoms with Gasteiger partial charge in [-0.1, -0.05) is 13.3 Å². The van der Waals surface area contributed by atoms with Gasteiger partial charge < -0.3 is 15.0 Å².